The molecule has 2 amide bonds. The number of hydrogen-bond donors (Lipinski definition) is 2. The van der Waals surface area contributed by atoms with Crippen molar-refractivity contribution in [3.8, 4) is 10.6 Å². The van der Waals surface area contributed by atoms with Crippen LogP contribution in [-0.4, -0.2) is 16.8 Å². The van der Waals surface area contributed by atoms with Gasteiger partial charge in [0.05, 0.1) is 10.4 Å². The van der Waals surface area contributed by atoms with E-state index >= 15 is 0 Å². The number of nitrogens with one attached hydrogen (secondary N) is 2. The average molecular weight is 422 g/mol. The first-order valence-corrected chi connectivity index (χ1v) is 9.41. The summed E-state index contributed by atoms with van der Waals surface area (Å²) in [6.07, 6.45) is 0. The Balaban J connectivity index is 1.90. The zero-order valence-electron chi connectivity index (χ0n) is 12.5. The molecule has 24 heavy (non-hydrogen) atoms. The largest absolute Gasteiger partial charge is 0.316 e. The van der Waals surface area contributed by atoms with Crippen molar-refractivity contribution < 1.29 is 9.59 Å². The molecule has 2 heterocycles. The summed E-state index contributed by atoms with van der Waals surface area (Å²) in [6, 6.07) is 11.0. The number of thiophene rings is 1. The number of rotatable bonds is 4. The highest BCUT2D eigenvalue weighted by Crippen LogP contribution is 2.38. The number of aromatic nitrogens is 1. The fourth-order valence-electron chi connectivity index (χ4n) is 2.01. The van der Waals surface area contributed by atoms with E-state index in [1.165, 1.54) is 29.6 Å². The van der Waals surface area contributed by atoms with Crippen LogP contribution in [0.2, 0.25) is 0 Å². The zero-order valence-corrected chi connectivity index (χ0v) is 15.7. The second-order valence-electron chi connectivity index (χ2n) is 4.79. The molecule has 0 unspecified atom stereocenters. The van der Waals surface area contributed by atoms with Gasteiger partial charge in [0.25, 0.3) is 5.91 Å². The number of benzene rings is 1. The van der Waals surface area contributed by atoms with Crippen molar-refractivity contribution in [1.82, 2.24) is 4.98 Å². The van der Waals surface area contributed by atoms with E-state index in [2.05, 4.69) is 31.5 Å². The lowest BCUT2D eigenvalue weighted by atomic mass is 10.2. The van der Waals surface area contributed by atoms with E-state index < -0.39 is 0 Å². The van der Waals surface area contributed by atoms with Gasteiger partial charge in [-0.2, -0.15) is 0 Å². The lowest BCUT2D eigenvalue weighted by Crippen LogP contribution is -2.12. The molecule has 0 fully saturated rings. The summed E-state index contributed by atoms with van der Waals surface area (Å²) >= 11 is 6.11. The van der Waals surface area contributed by atoms with Crippen LogP contribution in [0.25, 0.3) is 10.6 Å². The lowest BCUT2D eigenvalue weighted by Gasteiger charge is -2.03. The molecule has 0 saturated heterocycles. The molecule has 0 saturated carbocycles. The molecule has 0 radical (unpaired) electrons. The molecule has 0 bridgehead atoms. The molecule has 1 aromatic carbocycles. The number of nitrogens with zero attached hydrogens (tertiary/aromatic N) is 1. The third-order valence-electron chi connectivity index (χ3n) is 3.01. The number of halogens is 1. The number of carbonyl (C=O) groups is 2. The maximum absolute atomic E-state index is 12.4. The number of anilines is 2. The van der Waals surface area contributed by atoms with Gasteiger partial charge in [0, 0.05) is 11.4 Å². The van der Waals surface area contributed by atoms with Crippen LogP contribution in [0.15, 0.2) is 46.3 Å². The molecule has 2 N–H and O–H groups in total. The smallest absolute Gasteiger partial charge is 0.258 e. The van der Waals surface area contributed by atoms with E-state index in [-0.39, 0.29) is 11.8 Å². The second-order valence-corrected chi connectivity index (χ2v) is 7.59. The van der Waals surface area contributed by atoms with Gasteiger partial charge < -0.3 is 5.32 Å². The van der Waals surface area contributed by atoms with Gasteiger partial charge in [0.15, 0.2) is 5.13 Å². The average Bonchev–Trinajstić information content (AvgIpc) is 3.16. The van der Waals surface area contributed by atoms with Gasteiger partial charge in [-0.3, -0.25) is 14.9 Å². The first kappa shape index (κ1) is 16.8. The predicted octanol–water partition coefficient (Wildman–Crippen LogP) is 4.84. The summed E-state index contributed by atoms with van der Waals surface area (Å²) in [5.41, 5.74) is 1.18. The van der Waals surface area contributed by atoms with Crippen LogP contribution in [-0.2, 0) is 4.79 Å². The Kier molecular flexibility index (Phi) is 5.08. The number of amides is 2. The van der Waals surface area contributed by atoms with Crippen molar-refractivity contribution in [3.05, 3.63) is 51.8 Å². The quantitative estimate of drug-likeness (QED) is 0.632. The van der Waals surface area contributed by atoms with Crippen LogP contribution < -0.4 is 10.6 Å². The first-order valence-electron chi connectivity index (χ1n) is 6.93. The van der Waals surface area contributed by atoms with E-state index in [0.29, 0.717) is 25.9 Å². The Morgan fingerprint density at radius 3 is 2.58 bits per heavy atom. The molecule has 8 heteroatoms. The van der Waals surface area contributed by atoms with Gasteiger partial charge in [-0.1, -0.05) is 29.5 Å². The van der Waals surface area contributed by atoms with Gasteiger partial charge in [-0.25, -0.2) is 4.98 Å². The molecular weight excluding hydrogens is 410 g/mol. The summed E-state index contributed by atoms with van der Waals surface area (Å²) in [5.74, 6) is -0.441. The molecule has 0 aliphatic carbocycles. The standard InChI is InChI=1S/C16H12BrN3O2S2/c1-9(21)18-15-13(12-7-4-8-23-12)19-16(24-15)20-14(22)10-5-2-3-6-11(10)17/h2-8H,1H3,(H,18,21)(H,19,20,22). The van der Waals surface area contributed by atoms with Crippen molar-refractivity contribution in [2.45, 2.75) is 6.92 Å². The highest BCUT2D eigenvalue weighted by atomic mass is 79.9. The third-order valence-corrected chi connectivity index (χ3v) is 5.46. The zero-order chi connectivity index (χ0) is 17.1. The van der Waals surface area contributed by atoms with Crippen molar-refractivity contribution in [2.75, 3.05) is 10.6 Å². The highest BCUT2D eigenvalue weighted by Gasteiger charge is 2.18. The van der Waals surface area contributed by atoms with E-state index in [4.69, 9.17) is 0 Å². The topological polar surface area (TPSA) is 71.1 Å². The summed E-state index contributed by atoms with van der Waals surface area (Å²) in [7, 11) is 0. The Morgan fingerprint density at radius 1 is 1.12 bits per heavy atom. The number of hydrogen-bond acceptors (Lipinski definition) is 5. The van der Waals surface area contributed by atoms with E-state index in [0.717, 1.165) is 4.88 Å². The van der Waals surface area contributed by atoms with Crippen molar-refractivity contribution >= 4 is 60.6 Å². The van der Waals surface area contributed by atoms with Crippen molar-refractivity contribution in [1.29, 1.82) is 0 Å². The third kappa shape index (κ3) is 3.72. The fourth-order valence-corrected chi connectivity index (χ4v) is 4.18. The Morgan fingerprint density at radius 2 is 1.92 bits per heavy atom. The van der Waals surface area contributed by atoms with Gasteiger partial charge in [-0.15, -0.1) is 11.3 Å². The maximum Gasteiger partial charge on any atom is 0.258 e. The molecule has 0 spiro atoms. The van der Waals surface area contributed by atoms with Crippen LogP contribution in [0.5, 0.6) is 0 Å². The van der Waals surface area contributed by atoms with E-state index in [1.54, 1.807) is 18.2 Å². The highest BCUT2D eigenvalue weighted by molar-refractivity contribution is 9.10. The van der Waals surface area contributed by atoms with Crippen molar-refractivity contribution in [2.24, 2.45) is 0 Å². The summed E-state index contributed by atoms with van der Waals surface area (Å²) in [4.78, 5) is 29.2. The van der Waals surface area contributed by atoms with Crippen LogP contribution in [0.1, 0.15) is 17.3 Å². The lowest BCUT2D eigenvalue weighted by molar-refractivity contribution is -0.114. The Bertz CT molecular complexity index is 891. The fraction of sp³-hybridized carbons (Fsp3) is 0.0625. The van der Waals surface area contributed by atoms with Crippen LogP contribution >= 0.6 is 38.6 Å². The normalized spacial score (nSPS) is 10.4. The Labute approximate surface area is 154 Å². The molecular formula is C16H12BrN3O2S2. The minimum Gasteiger partial charge on any atom is -0.316 e. The van der Waals surface area contributed by atoms with E-state index in [9.17, 15) is 9.59 Å². The van der Waals surface area contributed by atoms with Crippen LogP contribution in [0, 0.1) is 0 Å². The minimum absolute atomic E-state index is 0.180. The first-order chi connectivity index (χ1) is 11.5. The molecule has 5 nitrogen and oxygen atoms in total. The van der Waals surface area contributed by atoms with Gasteiger partial charge in [0.1, 0.15) is 10.7 Å². The summed E-state index contributed by atoms with van der Waals surface area (Å²) in [6.45, 7) is 1.44. The van der Waals surface area contributed by atoms with Gasteiger partial charge >= 0.3 is 0 Å². The van der Waals surface area contributed by atoms with Crippen LogP contribution in [0.4, 0.5) is 10.1 Å². The van der Waals surface area contributed by atoms with Crippen molar-refractivity contribution in [3.63, 3.8) is 0 Å². The monoisotopic (exact) mass is 421 g/mol. The predicted molar refractivity (Wildman–Crippen MR) is 102 cm³/mol. The SMILES string of the molecule is CC(=O)Nc1sc(NC(=O)c2ccccc2Br)nc1-c1cccs1. The molecule has 122 valence electrons. The molecule has 0 atom stereocenters. The Hall–Kier alpha value is -2.03. The molecule has 3 rings (SSSR count). The minimum atomic E-state index is -0.261. The molecule has 3 aromatic rings. The second kappa shape index (κ2) is 7.25. The number of carbonyl (C=O) groups excluding carboxylic acids is 2. The summed E-state index contributed by atoms with van der Waals surface area (Å²) in [5, 5.41) is 8.54. The molecule has 2 aromatic heterocycles. The van der Waals surface area contributed by atoms with Crippen LogP contribution in [0.3, 0.4) is 0 Å². The molecule has 0 aliphatic heterocycles. The van der Waals surface area contributed by atoms with E-state index in [1.807, 2.05) is 23.6 Å². The molecule has 0 aliphatic rings. The maximum atomic E-state index is 12.4. The number of thiazole rings is 1. The summed E-state index contributed by atoms with van der Waals surface area (Å²) < 4.78 is 0.708. The van der Waals surface area contributed by atoms with Gasteiger partial charge in [-0.05, 0) is 39.5 Å². The van der Waals surface area contributed by atoms with Gasteiger partial charge in [0.2, 0.25) is 5.91 Å².